The van der Waals surface area contributed by atoms with Gasteiger partial charge in [0.15, 0.2) is 0 Å². The third-order valence-electron chi connectivity index (χ3n) is 2.55. The van der Waals surface area contributed by atoms with Crippen molar-refractivity contribution in [2.75, 3.05) is 7.05 Å². The summed E-state index contributed by atoms with van der Waals surface area (Å²) >= 11 is 0. The minimum absolute atomic E-state index is 0.0572. The number of hydrogen-bond donors (Lipinski definition) is 0. The molecule has 0 saturated carbocycles. The zero-order valence-corrected chi connectivity index (χ0v) is 13.1. The number of hydrogen-bond acceptors (Lipinski definition) is 2. The third kappa shape index (κ3) is 5.19. The van der Waals surface area contributed by atoms with Crippen molar-refractivity contribution in [3.8, 4) is 0 Å². The minimum atomic E-state index is -3.24. The van der Waals surface area contributed by atoms with E-state index in [9.17, 15) is 8.42 Å². The van der Waals surface area contributed by atoms with Gasteiger partial charge in [0.25, 0.3) is 0 Å². The van der Waals surface area contributed by atoms with Gasteiger partial charge in [0.05, 0.1) is 5.75 Å². The van der Waals surface area contributed by atoms with E-state index in [2.05, 4.69) is 0 Å². The summed E-state index contributed by atoms with van der Waals surface area (Å²) in [4.78, 5) is 0. The Morgan fingerprint density at radius 2 is 1.50 bits per heavy atom. The molecule has 1 aromatic rings. The Kier molecular flexibility index (Phi) is 6.57. The second-order valence-electron chi connectivity index (χ2n) is 4.88. The van der Waals surface area contributed by atoms with E-state index in [0.29, 0.717) is 0 Å². The van der Waals surface area contributed by atoms with Gasteiger partial charge >= 0.3 is 0 Å². The second kappa shape index (κ2) is 6.90. The molecule has 1 rings (SSSR count). The molecule has 0 aliphatic rings. The quantitative estimate of drug-likeness (QED) is 0.846. The van der Waals surface area contributed by atoms with Crippen LogP contribution in [0.25, 0.3) is 0 Å². The summed E-state index contributed by atoms with van der Waals surface area (Å²) in [6.07, 6.45) is 0. The van der Waals surface area contributed by atoms with Gasteiger partial charge in [0.1, 0.15) is 0 Å². The van der Waals surface area contributed by atoms with Crippen molar-refractivity contribution in [2.24, 2.45) is 0 Å². The van der Waals surface area contributed by atoms with Gasteiger partial charge in [-0.3, -0.25) is 0 Å². The fourth-order valence-corrected chi connectivity index (χ4v) is 2.94. The molecule has 104 valence electrons. The van der Waals surface area contributed by atoms with Crippen molar-refractivity contribution in [2.45, 2.75) is 45.9 Å². The van der Waals surface area contributed by atoms with Crippen molar-refractivity contribution in [3.63, 3.8) is 0 Å². The Hall–Kier alpha value is -0.870. The number of sulfonamides is 1. The molecule has 0 unspecified atom stereocenters. The van der Waals surface area contributed by atoms with Crippen molar-refractivity contribution >= 4 is 10.0 Å². The fourth-order valence-electron chi connectivity index (χ4n) is 1.30. The maximum atomic E-state index is 12.1. The highest BCUT2D eigenvalue weighted by molar-refractivity contribution is 7.88. The van der Waals surface area contributed by atoms with Crippen molar-refractivity contribution in [3.05, 3.63) is 35.9 Å². The van der Waals surface area contributed by atoms with Crippen LogP contribution in [0.3, 0.4) is 0 Å². The standard InChI is InChI=1S/C12H19NO2S.C2H6/c1-12(2,3)13(4)16(14,15)10-11-8-6-5-7-9-11;1-2/h5-9H,10H2,1-4H3;1-2H3. The van der Waals surface area contributed by atoms with E-state index in [1.807, 2.05) is 65.0 Å². The van der Waals surface area contributed by atoms with Crippen molar-refractivity contribution in [1.82, 2.24) is 4.31 Å². The van der Waals surface area contributed by atoms with Crippen LogP contribution in [0.5, 0.6) is 0 Å². The monoisotopic (exact) mass is 271 g/mol. The van der Waals surface area contributed by atoms with E-state index >= 15 is 0 Å². The highest BCUT2D eigenvalue weighted by Crippen LogP contribution is 2.18. The zero-order valence-electron chi connectivity index (χ0n) is 12.3. The number of nitrogens with zero attached hydrogens (tertiary/aromatic N) is 1. The first-order chi connectivity index (χ1) is 8.23. The van der Waals surface area contributed by atoms with Gasteiger partial charge in [0, 0.05) is 12.6 Å². The van der Waals surface area contributed by atoms with Crippen LogP contribution in [-0.4, -0.2) is 25.3 Å². The summed E-state index contributed by atoms with van der Waals surface area (Å²) < 4.78 is 25.6. The topological polar surface area (TPSA) is 37.4 Å². The van der Waals surface area contributed by atoms with Gasteiger partial charge in [-0.1, -0.05) is 44.2 Å². The lowest BCUT2D eigenvalue weighted by atomic mass is 10.1. The summed E-state index contributed by atoms with van der Waals surface area (Å²) in [7, 11) is -1.61. The summed E-state index contributed by atoms with van der Waals surface area (Å²) in [6, 6.07) is 9.23. The molecule has 0 aliphatic heterocycles. The predicted molar refractivity (Wildman–Crippen MR) is 77.9 cm³/mol. The first kappa shape index (κ1) is 17.1. The maximum absolute atomic E-state index is 12.1. The molecular formula is C14H25NO2S. The zero-order chi connectivity index (χ0) is 14.4. The van der Waals surface area contributed by atoms with Crippen LogP contribution in [0.1, 0.15) is 40.2 Å². The average Bonchev–Trinajstić information content (AvgIpc) is 2.30. The lowest BCUT2D eigenvalue weighted by molar-refractivity contribution is 0.291. The number of benzene rings is 1. The molecule has 0 atom stereocenters. The molecule has 0 N–H and O–H groups in total. The Bertz CT molecular complexity index is 433. The molecule has 0 saturated heterocycles. The van der Waals surface area contributed by atoms with E-state index in [1.54, 1.807) is 7.05 Å². The largest absolute Gasteiger partial charge is 0.218 e. The summed E-state index contributed by atoms with van der Waals surface area (Å²) in [5.74, 6) is 0.0572. The SMILES string of the molecule is CC.CN(C(C)(C)C)S(=O)(=O)Cc1ccccc1. The smallest absolute Gasteiger partial charge is 0.212 e. The maximum Gasteiger partial charge on any atom is 0.218 e. The second-order valence-corrected chi connectivity index (χ2v) is 6.88. The van der Waals surface area contributed by atoms with Gasteiger partial charge in [-0.25, -0.2) is 8.42 Å². The molecule has 1 aromatic carbocycles. The van der Waals surface area contributed by atoms with Gasteiger partial charge in [-0.05, 0) is 26.3 Å². The van der Waals surface area contributed by atoms with E-state index in [-0.39, 0.29) is 11.3 Å². The molecule has 0 aliphatic carbocycles. The van der Waals surface area contributed by atoms with Crippen molar-refractivity contribution < 1.29 is 8.42 Å². The Morgan fingerprint density at radius 3 is 1.89 bits per heavy atom. The molecule has 0 bridgehead atoms. The molecule has 0 aromatic heterocycles. The molecule has 0 amide bonds. The first-order valence-corrected chi connectivity index (χ1v) is 7.85. The van der Waals surface area contributed by atoms with Crippen LogP contribution in [0, 0.1) is 0 Å². The molecule has 18 heavy (non-hydrogen) atoms. The molecule has 0 fully saturated rings. The van der Waals surface area contributed by atoms with Crippen LogP contribution in [0.2, 0.25) is 0 Å². The molecule has 0 heterocycles. The highest BCUT2D eigenvalue weighted by Gasteiger charge is 2.28. The van der Waals surface area contributed by atoms with Crippen molar-refractivity contribution in [1.29, 1.82) is 0 Å². The van der Waals surface area contributed by atoms with Crippen LogP contribution in [0.15, 0.2) is 30.3 Å². The van der Waals surface area contributed by atoms with E-state index in [0.717, 1.165) is 5.56 Å². The molecule has 0 spiro atoms. The van der Waals surface area contributed by atoms with Crippen LogP contribution < -0.4 is 0 Å². The lowest BCUT2D eigenvalue weighted by Gasteiger charge is -2.30. The Labute approximate surface area is 112 Å². The molecule has 0 radical (unpaired) electrons. The van der Waals surface area contributed by atoms with E-state index < -0.39 is 10.0 Å². The average molecular weight is 271 g/mol. The Morgan fingerprint density at radius 1 is 1.06 bits per heavy atom. The highest BCUT2D eigenvalue weighted by atomic mass is 32.2. The molecular weight excluding hydrogens is 246 g/mol. The van der Waals surface area contributed by atoms with E-state index in [1.165, 1.54) is 4.31 Å². The summed E-state index contributed by atoms with van der Waals surface area (Å²) in [5, 5.41) is 0. The normalized spacial score (nSPS) is 11.9. The lowest BCUT2D eigenvalue weighted by Crippen LogP contribution is -2.42. The van der Waals surface area contributed by atoms with Gasteiger partial charge < -0.3 is 0 Å². The van der Waals surface area contributed by atoms with Crippen LogP contribution in [-0.2, 0) is 15.8 Å². The van der Waals surface area contributed by atoms with Gasteiger partial charge in [-0.2, -0.15) is 4.31 Å². The predicted octanol–water partition coefficient (Wildman–Crippen LogP) is 3.27. The minimum Gasteiger partial charge on any atom is -0.212 e. The summed E-state index contributed by atoms with van der Waals surface area (Å²) in [6.45, 7) is 9.65. The van der Waals surface area contributed by atoms with Gasteiger partial charge in [0.2, 0.25) is 10.0 Å². The number of rotatable bonds is 3. The molecule has 3 nitrogen and oxygen atoms in total. The van der Waals surface area contributed by atoms with Crippen LogP contribution in [0.4, 0.5) is 0 Å². The third-order valence-corrected chi connectivity index (χ3v) is 4.63. The molecule has 4 heteroatoms. The van der Waals surface area contributed by atoms with E-state index in [4.69, 9.17) is 0 Å². The van der Waals surface area contributed by atoms with Gasteiger partial charge in [-0.15, -0.1) is 0 Å². The Balaban J connectivity index is 0.00000137. The summed E-state index contributed by atoms with van der Waals surface area (Å²) in [5.41, 5.74) is 0.437. The van der Waals surface area contributed by atoms with Crippen LogP contribution >= 0.6 is 0 Å². The first-order valence-electron chi connectivity index (χ1n) is 6.24. The fraction of sp³-hybridized carbons (Fsp3) is 0.571.